The van der Waals surface area contributed by atoms with Crippen LogP contribution in [0.15, 0.2) is 47.4 Å². The van der Waals surface area contributed by atoms with Crippen molar-refractivity contribution in [1.82, 2.24) is 9.88 Å². The number of halogens is 1. The Balaban J connectivity index is 1.43. The van der Waals surface area contributed by atoms with Crippen LogP contribution in [0.1, 0.15) is 41.0 Å². The van der Waals surface area contributed by atoms with E-state index in [1.807, 2.05) is 33.0 Å². The van der Waals surface area contributed by atoms with Gasteiger partial charge in [-0.3, -0.25) is 9.59 Å². The number of benzene rings is 2. The number of hydrogen-bond donors (Lipinski definition) is 1. The summed E-state index contributed by atoms with van der Waals surface area (Å²) in [6, 6.07) is 11.3. The third-order valence-electron chi connectivity index (χ3n) is 6.07. The molecule has 1 amide bonds. The lowest BCUT2D eigenvalue weighted by Crippen LogP contribution is -2.28. The summed E-state index contributed by atoms with van der Waals surface area (Å²) >= 11 is 6.35. The Labute approximate surface area is 209 Å². The molecule has 0 spiro atoms. The Morgan fingerprint density at radius 2 is 1.94 bits per heavy atom. The second kappa shape index (κ2) is 10.0. The first kappa shape index (κ1) is 25.2. The Morgan fingerprint density at radius 1 is 1.23 bits per heavy atom. The van der Waals surface area contributed by atoms with E-state index in [-0.39, 0.29) is 23.5 Å². The molecule has 2 aromatic carbocycles. The third kappa shape index (κ3) is 5.52. The van der Waals surface area contributed by atoms with Crippen molar-refractivity contribution in [2.24, 2.45) is 7.05 Å². The van der Waals surface area contributed by atoms with Gasteiger partial charge < -0.3 is 19.4 Å². The highest BCUT2D eigenvalue weighted by atomic mass is 35.5. The maximum atomic E-state index is 13.0. The van der Waals surface area contributed by atoms with Gasteiger partial charge in [0.05, 0.1) is 34.7 Å². The molecule has 1 unspecified atom stereocenters. The summed E-state index contributed by atoms with van der Waals surface area (Å²) in [6.07, 6.45) is 0.168. The lowest BCUT2D eigenvalue weighted by molar-refractivity contribution is -0.145. The van der Waals surface area contributed by atoms with E-state index in [1.165, 1.54) is 12.1 Å². The highest BCUT2D eigenvalue weighted by Gasteiger charge is 2.25. The van der Waals surface area contributed by atoms with E-state index in [1.54, 1.807) is 22.8 Å². The van der Waals surface area contributed by atoms with Crippen LogP contribution in [0.25, 0.3) is 10.9 Å². The molecule has 10 heteroatoms. The maximum Gasteiger partial charge on any atom is 0.321 e. The van der Waals surface area contributed by atoms with E-state index < -0.39 is 27.7 Å². The summed E-state index contributed by atoms with van der Waals surface area (Å²) in [5.74, 6) is -1.81. The molecule has 1 aromatic heterocycles. The Bertz CT molecular complexity index is 1380. The van der Waals surface area contributed by atoms with Crippen LogP contribution in [0.3, 0.4) is 0 Å². The molecule has 1 fully saturated rings. The van der Waals surface area contributed by atoms with Crippen LogP contribution in [-0.4, -0.2) is 49.9 Å². The van der Waals surface area contributed by atoms with Gasteiger partial charge in [-0.1, -0.05) is 23.7 Å². The van der Waals surface area contributed by atoms with Crippen LogP contribution in [0.2, 0.25) is 5.02 Å². The van der Waals surface area contributed by atoms with E-state index in [9.17, 15) is 18.0 Å². The molecule has 35 heavy (non-hydrogen) atoms. The van der Waals surface area contributed by atoms with Gasteiger partial charge in [-0.05, 0) is 55.3 Å². The summed E-state index contributed by atoms with van der Waals surface area (Å²) in [5.41, 5.74) is 3.04. The van der Waals surface area contributed by atoms with Crippen LogP contribution in [0.4, 0.5) is 0 Å². The Kier molecular flexibility index (Phi) is 7.21. The van der Waals surface area contributed by atoms with Crippen molar-refractivity contribution in [1.29, 1.82) is 0 Å². The first-order valence-electron chi connectivity index (χ1n) is 11.2. The zero-order valence-electron chi connectivity index (χ0n) is 19.7. The minimum Gasteiger partial charge on any atom is -0.459 e. The number of aryl methyl sites for hydroxylation is 2. The topological polar surface area (TPSA) is 104 Å². The summed E-state index contributed by atoms with van der Waals surface area (Å²) in [4.78, 5) is 25.0. The van der Waals surface area contributed by atoms with Crippen molar-refractivity contribution < 1.29 is 27.5 Å². The lowest BCUT2D eigenvalue weighted by atomic mass is 10.1. The van der Waals surface area contributed by atoms with Gasteiger partial charge in [-0.15, -0.1) is 0 Å². The second-order valence-electron chi connectivity index (χ2n) is 8.77. The van der Waals surface area contributed by atoms with Gasteiger partial charge in [-0.2, -0.15) is 0 Å². The summed E-state index contributed by atoms with van der Waals surface area (Å²) in [6.45, 7) is 4.53. The van der Waals surface area contributed by atoms with Crippen LogP contribution >= 0.6 is 11.6 Å². The standard InChI is InChI=1S/C25H27ClN2O6S/c1-15-10-21(26)20-12-23(28(3)22(20)11-15)25(30)27-16(2)17-4-6-19(7-5-17)35(31,32)14-24(29)34-18-8-9-33-13-18/h4-7,10-12,16,18H,8-9,13-14H2,1-3H3,(H,27,30)/t16?,18-/m0/s1. The molecule has 186 valence electrons. The van der Waals surface area contributed by atoms with E-state index >= 15 is 0 Å². The highest BCUT2D eigenvalue weighted by Crippen LogP contribution is 2.28. The van der Waals surface area contributed by atoms with Gasteiger partial charge in [0.15, 0.2) is 15.6 Å². The molecule has 1 aliphatic rings. The molecule has 1 aliphatic heterocycles. The number of nitrogens with zero attached hydrogens (tertiary/aromatic N) is 1. The largest absolute Gasteiger partial charge is 0.459 e. The van der Waals surface area contributed by atoms with Crippen LogP contribution in [-0.2, 0) is 31.2 Å². The number of carbonyl (C=O) groups is 2. The maximum absolute atomic E-state index is 13.0. The van der Waals surface area contributed by atoms with Crippen molar-refractivity contribution in [3.63, 3.8) is 0 Å². The molecule has 4 rings (SSSR count). The molecule has 8 nitrogen and oxygen atoms in total. The predicted molar refractivity (Wildman–Crippen MR) is 132 cm³/mol. The quantitative estimate of drug-likeness (QED) is 0.478. The number of esters is 1. The molecule has 0 bridgehead atoms. The molecule has 0 saturated carbocycles. The SMILES string of the molecule is Cc1cc(Cl)c2cc(C(=O)NC(C)c3ccc(S(=O)(=O)CC(=O)O[C@H]4CCOC4)cc3)n(C)c2c1. The molecule has 2 atom stereocenters. The van der Waals surface area contributed by atoms with Crippen molar-refractivity contribution in [2.75, 3.05) is 19.0 Å². The number of hydrogen-bond acceptors (Lipinski definition) is 6. The monoisotopic (exact) mass is 518 g/mol. The fourth-order valence-corrected chi connectivity index (χ4v) is 5.54. The van der Waals surface area contributed by atoms with Crippen molar-refractivity contribution in [2.45, 2.75) is 37.3 Å². The average molecular weight is 519 g/mol. The Hall–Kier alpha value is -2.88. The fourth-order valence-electron chi connectivity index (χ4n) is 4.12. The molecule has 0 radical (unpaired) electrons. The van der Waals surface area contributed by atoms with Gasteiger partial charge in [0.1, 0.15) is 11.8 Å². The summed E-state index contributed by atoms with van der Waals surface area (Å²) < 4.78 is 37.3. The van der Waals surface area contributed by atoms with Crippen LogP contribution < -0.4 is 5.32 Å². The zero-order valence-corrected chi connectivity index (χ0v) is 21.3. The van der Waals surface area contributed by atoms with E-state index in [0.717, 1.165) is 22.0 Å². The number of rotatable bonds is 7. The van der Waals surface area contributed by atoms with Crippen molar-refractivity contribution in [3.8, 4) is 0 Å². The number of amides is 1. The van der Waals surface area contributed by atoms with Gasteiger partial charge in [0.2, 0.25) is 0 Å². The zero-order chi connectivity index (χ0) is 25.3. The molecule has 1 N–H and O–H groups in total. The number of aromatic nitrogens is 1. The minimum absolute atomic E-state index is 0.0121. The van der Waals surface area contributed by atoms with E-state index in [0.29, 0.717) is 23.7 Å². The number of ether oxygens (including phenoxy) is 2. The van der Waals surface area contributed by atoms with Gasteiger partial charge in [0.25, 0.3) is 5.91 Å². The average Bonchev–Trinajstić information content (AvgIpc) is 3.41. The van der Waals surface area contributed by atoms with E-state index in [2.05, 4.69) is 5.32 Å². The fraction of sp³-hybridized carbons (Fsp3) is 0.360. The molecule has 0 aliphatic carbocycles. The van der Waals surface area contributed by atoms with Crippen LogP contribution in [0, 0.1) is 6.92 Å². The van der Waals surface area contributed by atoms with Crippen LogP contribution in [0.5, 0.6) is 0 Å². The van der Waals surface area contributed by atoms with Crippen molar-refractivity contribution >= 4 is 44.2 Å². The first-order chi connectivity index (χ1) is 16.5. The predicted octanol–water partition coefficient (Wildman–Crippen LogP) is 3.74. The Morgan fingerprint density at radius 3 is 2.60 bits per heavy atom. The second-order valence-corrected chi connectivity index (χ2v) is 11.2. The number of carbonyl (C=O) groups excluding carboxylic acids is 2. The number of fused-ring (bicyclic) bond motifs is 1. The summed E-state index contributed by atoms with van der Waals surface area (Å²) in [5, 5.41) is 4.32. The highest BCUT2D eigenvalue weighted by molar-refractivity contribution is 7.92. The lowest BCUT2D eigenvalue weighted by Gasteiger charge is -2.15. The number of nitrogens with one attached hydrogen (secondary N) is 1. The molecule has 3 aromatic rings. The van der Waals surface area contributed by atoms with Gasteiger partial charge >= 0.3 is 5.97 Å². The molecule has 2 heterocycles. The molecule has 1 saturated heterocycles. The normalized spacial score (nSPS) is 16.9. The van der Waals surface area contributed by atoms with Gasteiger partial charge in [-0.25, -0.2) is 8.42 Å². The molecular weight excluding hydrogens is 492 g/mol. The smallest absolute Gasteiger partial charge is 0.321 e. The number of sulfone groups is 1. The van der Waals surface area contributed by atoms with E-state index in [4.69, 9.17) is 21.1 Å². The first-order valence-corrected chi connectivity index (χ1v) is 13.2. The summed E-state index contributed by atoms with van der Waals surface area (Å²) in [7, 11) is -2.05. The third-order valence-corrected chi connectivity index (χ3v) is 7.99. The minimum atomic E-state index is -3.86. The van der Waals surface area contributed by atoms with Gasteiger partial charge in [0, 0.05) is 18.9 Å². The molecular formula is C25H27ClN2O6S. The van der Waals surface area contributed by atoms with Crippen molar-refractivity contribution in [3.05, 3.63) is 64.3 Å².